The third-order valence-electron chi connectivity index (χ3n) is 6.17. The van der Waals surface area contributed by atoms with Crippen LogP contribution >= 0.6 is 0 Å². The summed E-state index contributed by atoms with van der Waals surface area (Å²) in [7, 11) is 1.64. The molecule has 0 unspecified atom stereocenters. The minimum atomic E-state index is -0.585. The Balaban J connectivity index is 1.25. The van der Waals surface area contributed by atoms with Crippen LogP contribution in [0.15, 0.2) is 72.8 Å². The Morgan fingerprint density at radius 1 is 1.05 bits per heavy atom. The van der Waals surface area contributed by atoms with E-state index in [1.807, 2.05) is 48.5 Å². The zero-order valence-electron chi connectivity index (χ0n) is 21.3. The summed E-state index contributed by atoms with van der Waals surface area (Å²) >= 11 is 0. The van der Waals surface area contributed by atoms with Gasteiger partial charge in [0.2, 0.25) is 5.91 Å². The molecule has 9 heteroatoms. The van der Waals surface area contributed by atoms with Gasteiger partial charge in [-0.25, -0.2) is 4.39 Å². The number of nitrogens with one attached hydrogen (secondary N) is 2. The Hall–Kier alpha value is -3.95. The summed E-state index contributed by atoms with van der Waals surface area (Å²) in [4.78, 5) is 26.8. The van der Waals surface area contributed by atoms with Crippen molar-refractivity contribution in [1.82, 2.24) is 10.6 Å². The first kappa shape index (κ1) is 27.1. The summed E-state index contributed by atoms with van der Waals surface area (Å²) in [6, 6.07) is 20.5. The first-order valence-corrected chi connectivity index (χ1v) is 12.5. The molecule has 3 aromatic carbocycles. The lowest BCUT2D eigenvalue weighted by atomic mass is 10.1. The van der Waals surface area contributed by atoms with Crippen molar-refractivity contribution in [1.29, 1.82) is 0 Å². The van der Waals surface area contributed by atoms with Crippen LogP contribution in [0.1, 0.15) is 22.3 Å². The number of para-hydroxylation sites is 1. The molecular weight excluding hydrogens is 489 g/mol. The Labute approximate surface area is 221 Å². The molecule has 1 heterocycles. The summed E-state index contributed by atoms with van der Waals surface area (Å²) in [6.45, 7) is 2.38. The minimum absolute atomic E-state index is 0.0270. The Morgan fingerprint density at radius 3 is 2.61 bits per heavy atom. The van der Waals surface area contributed by atoms with Crippen molar-refractivity contribution in [3.8, 4) is 11.5 Å². The maximum Gasteiger partial charge on any atom is 0.254 e. The number of carbonyl (C=O) groups excluding carboxylic acids is 2. The molecule has 0 bridgehead atoms. The number of anilines is 1. The number of rotatable bonds is 12. The van der Waals surface area contributed by atoms with Crippen molar-refractivity contribution >= 4 is 17.5 Å². The zero-order chi connectivity index (χ0) is 26.7. The van der Waals surface area contributed by atoms with Crippen LogP contribution in [-0.4, -0.2) is 57.8 Å². The molecule has 3 aromatic rings. The van der Waals surface area contributed by atoms with Crippen molar-refractivity contribution in [3.05, 3.63) is 89.7 Å². The molecule has 1 atom stereocenters. The van der Waals surface area contributed by atoms with Gasteiger partial charge >= 0.3 is 0 Å². The Morgan fingerprint density at radius 2 is 1.82 bits per heavy atom. The van der Waals surface area contributed by atoms with Gasteiger partial charge in [-0.15, -0.1) is 0 Å². The number of halogens is 1. The highest BCUT2D eigenvalue weighted by molar-refractivity contribution is 5.97. The molecule has 200 valence electrons. The predicted molar refractivity (Wildman–Crippen MR) is 142 cm³/mol. The second kappa shape index (κ2) is 13.6. The monoisotopic (exact) mass is 521 g/mol. The van der Waals surface area contributed by atoms with Crippen LogP contribution in [0.3, 0.4) is 0 Å². The van der Waals surface area contributed by atoms with Crippen LogP contribution in [0.5, 0.6) is 11.5 Å². The quantitative estimate of drug-likeness (QED) is 0.355. The smallest absolute Gasteiger partial charge is 0.254 e. The average molecular weight is 522 g/mol. The maximum atomic E-state index is 13.9. The molecule has 0 aliphatic carbocycles. The summed E-state index contributed by atoms with van der Waals surface area (Å²) in [5.74, 6) is 0.282. The molecule has 1 aliphatic heterocycles. The van der Waals surface area contributed by atoms with E-state index < -0.39 is 11.7 Å². The van der Waals surface area contributed by atoms with Crippen molar-refractivity contribution < 1.29 is 28.2 Å². The number of benzene rings is 3. The van der Waals surface area contributed by atoms with Crippen molar-refractivity contribution in [3.63, 3.8) is 0 Å². The number of hydrogen-bond acceptors (Lipinski definition) is 6. The summed E-state index contributed by atoms with van der Waals surface area (Å²) in [5.41, 5.74) is 1.68. The fourth-order valence-corrected chi connectivity index (χ4v) is 4.25. The topological polar surface area (TPSA) is 89.1 Å². The van der Waals surface area contributed by atoms with Crippen LogP contribution in [0, 0.1) is 5.82 Å². The van der Waals surface area contributed by atoms with Gasteiger partial charge < -0.3 is 29.7 Å². The van der Waals surface area contributed by atoms with Gasteiger partial charge in [-0.05, 0) is 42.5 Å². The SMILES string of the molecule is COc1ccccc1COCCCOc1ccc(N2C(=O)CNC[C@@H]2CNC(=O)c2ccccc2F)cc1. The largest absolute Gasteiger partial charge is 0.496 e. The van der Waals surface area contributed by atoms with Crippen LogP contribution in [-0.2, 0) is 16.1 Å². The second-order valence-corrected chi connectivity index (χ2v) is 8.80. The van der Waals surface area contributed by atoms with Gasteiger partial charge in [0, 0.05) is 30.8 Å². The molecule has 1 aliphatic rings. The molecular formula is C29H32FN3O5. The molecule has 0 radical (unpaired) electrons. The fraction of sp³-hybridized carbons (Fsp3) is 0.310. The summed E-state index contributed by atoms with van der Waals surface area (Å²) in [5, 5.41) is 5.82. The highest BCUT2D eigenvalue weighted by Crippen LogP contribution is 2.23. The zero-order valence-corrected chi connectivity index (χ0v) is 21.3. The third-order valence-corrected chi connectivity index (χ3v) is 6.17. The molecule has 38 heavy (non-hydrogen) atoms. The van der Waals surface area contributed by atoms with Gasteiger partial charge in [0.1, 0.15) is 17.3 Å². The standard InChI is InChI=1S/C29H32FN3O5/c1-36-27-10-5-2-7-21(27)20-37-15-6-16-38-24-13-11-22(12-14-24)33-23(17-31-19-28(33)34)18-32-29(35)25-8-3-4-9-26(25)30/h2-5,7-14,23,31H,6,15-20H2,1H3,(H,32,35)/t23-/m1/s1. The first-order chi connectivity index (χ1) is 18.6. The number of piperazine rings is 1. The van der Waals surface area contributed by atoms with Crippen LogP contribution in [0.4, 0.5) is 10.1 Å². The number of hydrogen-bond donors (Lipinski definition) is 2. The van der Waals surface area contributed by atoms with Crippen LogP contribution < -0.4 is 25.0 Å². The van der Waals surface area contributed by atoms with E-state index in [9.17, 15) is 14.0 Å². The molecule has 2 N–H and O–H groups in total. The second-order valence-electron chi connectivity index (χ2n) is 8.80. The molecule has 8 nitrogen and oxygen atoms in total. The third kappa shape index (κ3) is 7.08. The number of methoxy groups -OCH3 is 1. The molecule has 4 rings (SSSR count). The Bertz CT molecular complexity index is 1220. The molecule has 0 spiro atoms. The number of amides is 2. The lowest BCUT2D eigenvalue weighted by Crippen LogP contribution is -2.58. The van der Waals surface area contributed by atoms with Gasteiger partial charge in [0.15, 0.2) is 0 Å². The van der Waals surface area contributed by atoms with E-state index in [1.54, 1.807) is 18.1 Å². The molecule has 1 fully saturated rings. The van der Waals surface area contributed by atoms with Gasteiger partial charge in [0.25, 0.3) is 5.91 Å². The average Bonchev–Trinajstić information content (AvgIpc) is 2.94. The van der Waals surface area contributed by atoms with E-state index in [-0.39, 0.29) is 30.6 Å². The molecule has 0 aromatic heterocycles. The van der Waals surface area contributed by atoms with E-state index >= 15 is 0 Å². The number of nitrogens with zero attached hydrogens (tertiary/aromatic N) is 1. The van der Waals surface area contributed by atoms with Gasteiger partial charge in [-0.3, -0.25) is 9.59 Å². The number of carbonyl (C=O) groups is 2. The molecule has 1 saturated heterocycles. The summed E-state index contributed by atoms with van der Waals surface area (Å²) in [6.07, 6.45) is 0.719. The first-order valence-electron chi connectivity index (χ1n) is 12.5. The van der Waals surface area contributed by atoms with E-state index in [0.29, 0.717) is 37.8 Å². The van der Waals surface area contributed by atoms with E-state index in [0.717, 1.165) is 17.7 Å². The van der Waals surface area contributed by atoms with Crippen molar-refractivity contribution in [2.45, 2.75) is 19.1 Å². The lowest BCUT2D eigenvalue weighted by Gasteiger charge is -2.36. The number of ether oxygens (including phenoxy) is 3. The van der Waals surface area contributed by atoms with E-state index in [2.05, 4.69) is 10.6 Å². The van der Waals surface area contributed by atoms with Gasteiger partial charge in [0.05, 0.1) is 45.1 Å². The minimum Gasteiger partial charge on any atom is -0.496 e. The summed E-state index contributed by atoms with van der Waals surface area (Å²) < 4.78 is 30.8. The maximum absolute atomic E-state index is 13.9. The van der Waals surface area contributed by atoms with Crippen LogP contribution in [0.25, 0.3) is 0 Å². The van der Waals surface area contributed by atoms with E-state index in [1.165, 1.54) is 18.2 Å². The highest BCUT2D eigenvalue weighted by atomic mass is 19.1. The van der Waals surface area contributed by atoms with Crippen LogP contribution in [0.2, 0.25) is 0 Å². The molecule has 0 saturated carbocycles. The van der Waals surface area contributed by atoms with E-state index in [4.69, 9.17) is 14.2 Å². The normalized spacial score (nSPS) is 15.3. The molecule has 2 amide bonds. The highest BCUT2D eigenvalue weighted by Gasteiger charge is 2.29. The Kier molecular flexibility index (Phi) is 9.66. The fourth-order valence-electron chi connectivity index (χ4n) is 4.25. The lowest BCUT2D eigenvalue weighted by molar-refractivity contribution is -0.119. The predicted octanol–water partition coefficient (Wildman–Crippen LogP) is 3.55. The van der Waals surface area contributed by atoms with Gasteiger partial charge in [-0.2, -0.15) is 0 Å². The van der Waals surface area contributed by atoms with Gasteiger partial charge in [-0.1, -0.05) is 30.3 Å². The van der Waals surface area contributed by atoms with Crippen molar-refractivity contribution in [2.75, 3.05) is 44.9 Å². The van der Waals surface area contributed by atoms with Crippen molar-refractivity contribution in [2.24, 2.45) is 0 Å².